The van der Waals surface area contributed by atoms with E-state index in [9.17, 15) is 0 Å². The minimum Gasteiger partial charge on any atom is -0.356 e. The largest absolute Gasteiger partial charge is 0.356 e. The number of nitrogens with one attached hydrogen (secondary N) is 1. The van der Waals surface area contributed by atoms with E-state index in [2.05, 4.69) is 67.7 Å². The third-order valence-electron chi connectivity index (χ3n) is 2.18. The van der Waals surface area contributed by atoms with Gasteiger partial charge < -0.3 is 4.65 Å². The molecule has 1 aromatic rings. The lowest BCUT2D eigenvalue weighted by Gasteiger charge is -2.32. The van der Waals surface area contributed by atoms with Gasteiger partial charge in [-0.3, -0.25) is 0 Å². The van der Waals surface area contributed by atoms with Crippen LogP contribution in [0, 0.1) is 0 Å². The second-order valence-corrected chi connectivity index (χ2v) is 14.7. The SMILES string of the molecule is C[Si](C)(C)N[Si](C)(C)c1ccccc1. The summed E-state index contributed by atoms with van der Waals surface area (Å²) in [5.41, 5.74) is 0. The first-order valence-electron chi connectivity index (χ1n) is 5.16. The van der Waals surface area contributed by atoms with Crippen LogP contribution >= 0.6 is 0 Å². The van der Waals surface area contributed by atoms with E-state index in [1.807, 2.05) is 0 Å². The van der Waals surface area contributed by atoms with Crippen LogP contribution in [-0.4, -0.2) is 16.5 Å². The van der Waals surface area contributed by atoms with Crippen LogP contribution < -0.4 is 9.83 Å². The Balaban J connectivity index is 2.86. The van der Waals surface area contributed by atoms with Crippen LogP contribution in [0.2, 0.25) is 32.7 Å². The van der Waals surface area contributed by atoms with Crippen molar-refractivity contribution in [2.45, 2.75) is 32.7 Å². The fourth-order valence-electron chi connectivity index (χ4n) is 1.86. The van der Waals surface area contributed by atoms with Crippen LogP contribution in [0.25, 0.3) is 0 Å². The summed E-state index contributed by atoms with van der Waals surface area (Å²) in [5, 5.41) is 1.50. The Hall–Kier alpha value is -0.386. The minimum absolute atomic E-state index is 1.16. The quantitative estimate of drug-likeness (QED) is 0.777. The van der Waals surface area contributed by atoms with Crippen molar-refractivity contribution in [2.75, 3.05) is 0 Å². The second-order valence-electron chi connectivity index (χ2n) is 5.37. The maximum absolute atomic E-state index is 3.89. The molecule has 1 N–H and O–H groups in total. The highest BCUT2D eigenvalue weighted by Crippen LogP contribution is 2.05. The molecule has 1 rings (SSSR count). The molecule has 0 unspecified atom stereocenters. The second kappa shape index (κ2) is 4.00. The van der Waals surface area contributed by atoms with E-state index in [1.54, 1.807) is 0 Å². The first-order valence-corrected chi connectivity index (χ1v) is 11.7. The van der Waals surface area contributed by atoms with Crippen molar-refractivity contribution in [3.8, 4) is 0 Å². The lowest BCUT2D eigenvalue weighted by molar-refractivity contribution is 1.32. The van der Waals surface area contributed by atoms with Crippen molar-refractivity contribution in [1.29, 1.82) is 0 Å². The Bertz CT molecular complexity index is 288. The monoisotopic (exact) mass is 223 g/mol. The number of rotatable bonds is 3. The zero-order chi connectivity index (χ0) is 10.8. The van der Waals surface area contributed by atoms with E-state index >= 15 is 0 Å². The van der Waals surface area contributed by atoms with Gasteiger partial charge in [-0.05, 0) is 5.19 Å². The van der Waals surface area contributed by atoms with Gasteiger partial charge in [0.15, 0.2) is 0 Å². The molecule has 0 spiro atoms. The molecule has 14 heavy (non-hydrogen) atoms. The molecule has 0 fully saturated rings. The summed E-state index contributed by atoms with van der Waals surface area (Å²) in [6.07, 6.45) is 0. The van der Waals surface area contributed by atoms with Crippen LogP contribution in [0.5, 0.6) is 0 Å². The molecule has 0 heterocycles. The maximum Gasteiger partial charge on any atom is 0.145 e. The van der Waals surface area contributed by atoms with E-state index in [1.165, 1.54) is 5.19 Å². The highest BCUT2D eigenvalue weighted by atomic mass is 28.4. The molecule has 0 amide bonds. The topological polar surface area (TPSA) is 12.0 Å². The van der Waals surface area contributed by atoms with E-state index in [0.717, 1.165) is 0 Å². The van der Waals surface area contributed by atoms with Gasteiger partial charge >= 0.3 is 0 Å². The van der Waals surface area contributed by atoms with Gasteiger partial charge in [-0.25, -0.2) is 0 Å². The summed E-state index contributed by atoms with van der Waals surface area (Å²) in [4.78, 5) is 0. The summed E-state index contributed by atoms with van der Waals surface area (Å²) in [7, 11) is -2.57. The number of hydrogen-bond donors (Lipinski definition) is 1. The Morgan fingerprint density at radius 1 is 0.857 bits per heavy atom. The number of hydrogen-bond acceptors (Lipinski definition) is 1. The maximum atomic E-state index is 3.89. The Labute approximate surface area is 89.7 Å². The minimum atomic E-state index is -1.40. The molecule has 0 aliphatic heterocycles. The van der Waals surface area contributed by atoms with Crippen molar-refractivity contribution < 1.29 is 0 Å². The third kappa shape index (κ3) is 3.40. The summed E-state index contributed by atoms with van der Waals surface area (Å²) in [6.45, 7) is 11.9. The van der Waals surface area contributed by atoms with Gasteiger partial charge in [-0.2, -0.15) is 0 Å². The molecule has 0 bridgehead atoms. The van der Waals surface area contributed by atoms with E-state index in [-0.39, 0.29) is 0 Å². The van der Waals surface area contributed by atoms with Gasteiger partial charge in [0.05, 0.1) is 0 Å². The van der Waals surface area contributed by atoms with Crippen LogP contribution in [0.15, 0.2) is 30.3 Å². The van der Waals surface area contributed by atoms with Crippen molar-refractivity contribution in [2.24, 2.45) is 0 Å². The van der Waals surface area contributed by atoms with E-state index in [0.29, 0.717) is 0 Å². The normalized spacial score (nSPS) is 12.9. The third-order valence-corrected chi connectivity index (χ3v) is 9.46. The summed E-state index contributed by atoms with van der Waals surface area (Å²) < 4.78 is 3.89. The molecule has 3 heteroatoms. The molecule has 0 saturated heterocycles. The Morgan fingerprint density at radius 2 is 1.36 bits per heavy atom. The van der Waals surface area contributed by atoms with Crippen molar-refractivity contribution >= 4 is 21.7 Å². The summed E-state index contributed by atoms with van der Waals surface area (Å²) >= 11 is 0. The number of benzene rings is 1. The van der Waals surface area contributed by atoms with Crippen molar-refractivity contribution in [3.05, 3.63) is 30.3 Å². The van der Waals surface area contributed by atoms with Gasteiger partial charge in [-0.1, -0.05) is 63.1 Å². The van der Waals surface area contributed by atoms with Crippen LogP contribution in [0.1, 0.15) is 0 Å². The predicted octanol–water partition coefficient (Wildman–Crippen LogP) is 2.52. The lowest BCUT2D eigenvalue weighted by Crippen LogP contribution is -2.63. The molecule has 1 aromatic carbocycles. The van der Waals surface area contributed by atoms with Gasteiger partial charge in [0.2, 0.25) is 0 Å². The van der Waals surface area contributed by atoms with Crippen LogP contribution in [-0.2, 0) is 0 Å². The highest BCUT2D eigenvalue weighted by molar-refractivity contribution is 6.97. The Morgan fingerprint density at radius 3 is 1.79 bits per heavy atom. The van der Waals surface area contributed by atoms with Gasteiger partial charge in [0.1, 0.15) is 16.5 Å². The molecular weight excluding hydrogens is 202 g/mol. The summed E-state index contributed by atoms with van der Waals surface area (Å²) in [6, 6.07) is 10.9. The highest BCUT2D eigenvalue weighted by Gasteiger charge is 2.28. The van der Waals surface area contributed by atoms with Gasteiger partial charge in [-0.15, -0.1) is 0 Å². The average Bonchev–Trinajstić information content (AvgIpc) is 2.01. The molecule has 0 aromatic heterocycles. The zero-order valence-corrected chi connectivity index (χ0v) is 11.9. The van der Waals surface area contributed by atoms with Crippen molar-refractivity contribution in [3.63, 3.8) is 0 Å². The van der Waals surface area contributed by atoms with E-state index < -0.39 is 16.5 Å². The average molecular weight is 223 g/mol. The molecule has 0 saturated carbocycles. The molecule has 1 nitrogen and oxygen atoms in total. The van der Waals surface area contributed by atoms with Gasteiger partial charge in [0.25, 0.3) is 0 Å². The van der Waals surface area contributed by atoms with Crippen molar-refractivity contribution in [1.82, 2.24) is 4.65 Å². The fraction of sp³-hybridized carbons (Fsp3) is 0.455. The summed E-state index contributed by atoms with van der Waals surface area (Å²) in [5.74, 6) is 0. The fourth-order valence-corrected chi connectivity index (χ4v) is 11.0. The smallest absolute Gasteiger partial charge is 0.145 e. The van der Waals surface area contributed by atoms with Crippen LogP contribution in [0.4, 0.5) is 0 Å². The zero-order valence-electron chi connectivity index (χ0n) is 9.89. The molecule has 0 aliphatic carbocycles. The van der Waals surface area contributed by atoms with Crippen LogP contribution in [0.3, 0.4) is 0 Å². The standard InChI is InChI=1S/C11H21NSi2/c1-13(2,3)12-14(4,5)11-9-7-6-8-10-11/h6-10,12H,1-5H3. The molecule has 0 aliphatic rings. The Kier molecular flexibility index (Phi) is 3.34. The molecule has 0 atom stereocenters. The van der Waals surface area contributed by atoms with Gasteiger partial charge in [0, 0.05) is 0 Å². The first-order chi connectivity index (χ1) is 6.31. The molecule has 0 radical (unpaired) electrons. The first kappa shape index (κ1) is 11.7. The molecule has 78 valence electrons. The predicted molar refractivity (Wildman–Crippen MR) is 70.0 cm³/mol. The lowest BCUT2D eigenvalue weighted by atomic mass is 10.4. The van der Waals surface area contributed by atoms with E-state index in [4.69, 9.17) is 0 Å². The molecular formula is C11H21NSi2.